The molecule has 0 aromatic rings. The summed E-state index contributed by atoms with van der Waals surface area (Å²) in [6.45, 7) is 8.88. The third-order valence-electron chi connectivity index (χ3n) is 3.11. The van der Waals surface area contributed by atoms with Crippen LogP contribution in [-0.2, 0) is 4.79 Å². The molecule has 0 N–H and O–H groups in total. The van der Waals surface area contributed by atoms with Crippen LogP contribution in [-0.4, -0.2) is 5.12 Å². The molecule has 0 aliphatic heterocycles. The van der Waals surface area contributed by atoms with Gasteiger partial charge in [0.2, 0.25) is 0 Å². The number of rotatable bonds is 7. The van der Waals surface area contributed by atoms with Crippen molar-refractivity contribution in [1.29, 1.82) is 0 Å². The number of hydrogen-bond acceptors (Lipinski definition) is 1. The molecule has 2 atom stereocenters. The van der Waals surface area contributed by atoms with Gasteiger partial charge < -0.3 is 0 Å². The van der Waals surface area contributed by atoms with Crippen LogP contribution in [0.3, 0.4) is 0 Å². The zero-order valence-electron chi connectivity index (χ0n) is 9.92. The van der Waals surface area contributed by atoms with E-state index in [-0.39, 0.29) is 5.12 Å². The number of hydrogen-bond donors (Lipinski definition) is 1. The van der Waals surface area contributed by atoms with Crippen molar-refractivity contribution in [1.82, 2.24) is 0 Å². The molecule has 2 heteroatoms. The van der Waals surface area contributed by atoms with Gasteiger partial charge in [-0.05, 0) is 24.2 Å². The normalized spacial score (nSPS) is 15.6. The second-order valence-electron chi connectivity index (χ2n) is 4.69. The lowest BCUT2D eigenvalue weighted by Gasteiger charge is -2.20. The summed E-state index contributed by atoms with van der Waals surface area (Å²) in [6, 6.07) is 0. The Morgan fingerprint density at radius 2 is 1.79 bits per heavy atom. The van der Waals surface area contributed by atoms with Crippen molar-refractivity contribution in [2.45, 2.75) is 53.4 Å². The molecule has 0 fully saturated rings. The van der Waals surface area contributed by atoms with Crippen molar-refractivity contribution in [2.75, 3.05) is 0 Å². The highest BCUT2D eigenvalue weighted by molar-refractivity contribution is 7.96. The van der Waals surface area contributed by atoms with E-state index in [0.717, 1.165) is 5.92 Å². The van der Waals surface area contributed by atoms with E-state index in [2.05, 4.69) is 40.3 Å². The van der Waals surface area contributed by atoms with Crippen LogP contribution in [0.2, 0.25) is 0 Å². The van der Waals surface area contributed by atoms with E-state index < -0.39 is 0 Å². The van der Waals surface area contributed by atoms with Crippen LogP contribution in [0.15, 0.2) is 0 Å². The fraction of sp³-hybridized carbons (Fsp3) is 0.917. The summed E-state index contributed by atoms with van der Waals surface area (Å²) in [5, 5.41) is 0.0350. The first-order valence-corrected chi connectivity index (χ1v) is 6.13. The van der Waals surface area contributed by atoms with Gasteiger partial charge in [-0.2, -0.15) is 0 Å². The van der Waals surface area contributed by atoms with Crippen molar-refractivity contribution >= 4 is 17.7 Å². The average molecular weight is 216 g/mol. The molecule has 0 heterocycles. The molecular weight excluding hydrogens is 192 g/mol. The molecule has 1 nitrogen and oxygen atoms in total. The van der Waals surface area contributed by atoms with Gasteiger partial charge in [0.15, 0.2) is 5.12 Å². The van der Waals surface area contributed by atoms with Gasteiger partial charge in [-0.15, -0.1) is 12.6 Å². The highest BCUT2D eigenvalue weighted by Crippen LogP contribution is 2.24. The summed E-state index contributed by atoms with van der Waals surface area (Å²) < 4.78 is 0. The zero-order valence-corrected chi connectivity index (χ0v) is 10.8. The lowest BCUT2D eigenvalue weighted by Crippen LogP contribution is -2.13. The van der Waals surface area contributed by atoms with E-state index in [1.165, 1.54) is 19.3 Å². The van der Waals surface area contributed by atoms with Gasteiger partial charge in [0.05, 0.1) is 0 Å². The Balaban J connectivity index is 3.91. The Labute approximate surface area is 94.1 Å². The molecular formula is C12H24OS. The Bertz CT molecular complexity index is 166. The first-order valence-electron chi connectivity index (χ1n) is 5.69. The first kappa shape index (κ1) is 14.0. The second-order valence-corrected chi connectivity index (χ2v) is 5.19. The van der Waals surface area contributed by atoms with Gasteiger partial charge in [0.25, 0.3) is 0 Å². The Morgan fingerprint density at radius 1 is 1.21 bits per heavy atom. The topological polar surface area (TPSA) is 17.1 Å². The average Bonchev–Trinajstić information content (AvgIpc) is 2.10. The van der Waals surface area contributed by atoms with Crippen molar-refractivity contribution in [2.24, 2.45) is 17.8 Å². The predicted octanol–water partition coefficient (Wildman–Crippen LogP) is 3.93. The Kier molecular flexibility index (Phi) is 7.34. The molecule has 0 aliphatic carbocycles. The van der Waals surface area contributed by atoms with E-state index in [4.69, 9.17) is 0 Å². The highest BCUT2D eigenvalue weighted by atomic mass is 32.1. The molecule has 0 amide bonds. The van der Waals surface area contributed by atoms with E-state index in [1.54, 1.807) is 0 Å². The fourth-order valence-electron chi connectivity index (χ4n) is 1.60. The van der Waals surface area contributed by atoms with Crippen LogP contribution in [0.25, 0.3) is 0 Å². The maximum atomic E-state index is 10.9. The van der Waals surface area contributed by atoms with Gasteiger partial charge in [-0.3, -0.25) is 4.79 Å². The van der Waals surface area contributed by atoms with Crippen molar-refractivity contribution in [3.8, 4) is 0 Å². The van der Waals surface area contributed by atoms with Crippen molar-refractivity contribution in [3.05, 3.63) is 0 Å². The standard InChI is InChI=1S/C12H24OS/c1-5-10(4)6-7-11(9(2)3)8-12(13)14/h9-11H,5-8H2,1-4H3,(H,13,14). The second kappa shape index (κ2) is 7.33. The molecule has 0 aromatic heterocycles. The Morgan fingerprint density at radius 3 is 2.14 bits per heavy atom. The van der Waals surface area contributed by atoms with Crippen molar-refractivity contribution < 1.29 is 4.79 Å². The van der Waals surface area contributed by atoms with E-state index in [1.807, 2.05) is 0 Å². The SMILES string of the molecule is CCC(C)CCC(CC(=O)S)C(C)C. The smallest absolute Gasteiger partial charge is 0.186 e. The molecule has 0 radical (unpaired) electrons. The van der Waals surface area contributed by atoms with E-state index in [9.17, 15) is 4.79 Å². The molecule has 2 unspecified atom stereocenters. The van der Waals surface area contributed by atoms with Gasteiger partial charge in [-0.25, -0.2) is 0 Å². The third kappa shape index (κ3) is 6.47. The van der Waals surface area contributed by atoms with Gasteiger partial charge in [0, 0.05) is 6.42 Å². The molecule has 0 aliphatic rings. The number of thiol groups is 1. The quantitative estimate of drug-likeness (QED) is 0.638. The summed E-state index contributed by atoms with van der Waals surface area (Å²) in [5.41, 5.74) is 0. The lowest BCUT2D eigenvalue weighted by atomic mass is 9.86. The van der Waals surface area contributed by atoms with Crippen molar-refractivity contribution in [3.63, 3.8) is 0 Å². The summed E-state index contributed by atoms with van der Waals surface area (Å²) in [6.07, 6.45) is 4.27. The minimum absolute atomic E-state index is 0.0350. The fourth-order valence-corrected chi connectivity index (χ4v) is 1.83. The van der Waals surface area contributed by atoms with E-state index in [0.29, 0.717) is 18.3 Å². The van der Waals surface area contributed by atoms with Crippen LogP contribution < -0.4 is 0 Å². The summed E-state index contributed by atoms with van der Waals surface area (Å²) in [4.78, 5) is 10.9. The maximum absolute atomic E-state index is 10.9. The zero-order chi connectivity index (χ0) is 11.1. The maximum Gasteiger partial charge on any atom is 0.186 e. The van der Waals surface area contributed by atoms with Crippen LogP contribution >= 0.6 is 12.6 Å². The number of carbonyl (C=O) groups excluding carboxylic acids is 1. The minimum atomic E-state index is 0.0350. The predicted molar refractivity (Wildman–Crippen MR) is 65.6 cm³/mol. The number of carbonyl (C=O) groups is 1. The molecule has 14 heavy (non-hydrogen) atoms. The van der Waals surface area contributed by atoms with Gasteiger partial charge in [-0.1, -0.05) is 40.5 Å². The lowest BCUT2D eigenvalue weighted by molar-refractivity contribution is -0.112. The minimum Gasteiger partial charge on any atom is -0.287 e. The van der Waals surface area contributed by atoms with Crippen LogP contribution in [0.4, 0.5) is 0 Å². The summed E-state index contributed by atoms with van der Waals surface area (Å²) in [5.74, 6) is 1.90. The summed E-state index contributed by atoms with van der Waals surface area (Å²) >= 11 is 3.86. The molecule has 0 spiro atoms. The summed E-state index contributed by atoms with van der Waals surface area (Å²) in [7, 11) is 0. The van der Waals surface area contributed by atoms with Gasteiger partial charge >= 0.3 is 0 Å². The molecule has 84 valence electrons. The molecule has 0 aromatic carbocycles. The van der Waals surface area contributed by atoms with E-state index >= 15 is 0 Å². The molecule has 0 saturated heterocycles. The van der Waals surface area contributed by atoms with Crippen LogP contribution in [0, 0.1) is 17.8 Å². The van der Waals surface area contributed by atoms with Crippen LogP contribution in [0.5, 0.6) is 0 Å². The Hall–Kier alpha value is 0.0200. The monoisotopic (exact) mass is 216 g/mol. The molecule has 0 saturated carbocycles. The van der Waals surface area contributed by atoms with Gasteiger partial charge in [0.1, 0.15) is 0 Å². The van der Waals surface area contributed by atoms with Crippen LogP contribution in [0.1, 0.15) is 53.4 Å². The highest BCUT2D eigenvalue weighted by Gasteiger charge is 2.16. The first-order chi connectivity index (χ1) is 6.47. The molecule has 0 rings (SSSR count). The molecule has 0 bridgehead atoms. The largest absolute Gasteiger partial charge is 0.287 e. The third-order valence-corrected chi connectivity index (χ3v) is 3.29.